The third-order valence-corrected chi connectivity index (χ3v) is 9.55. The molecule has 0 bridgehead atoms. The van der Waals surface area contributed by atoms with Gasteiger partial charge in [0.2, 0.25) is 0 Å². The van der Waals surface area contributed by atoms with E-state index in [9.17, 15) is 19.2 Å². The number of nitrogens with one attached hydrogen (secondary N) is 2. The molecule has 270 valence electrons. The van der Waals surface area contributed by atoms with Crippen LogP contribution in [-0.2, 0) is 19.2 Å². The van der Waals surface area contributed by atoms with Gasteiger partial charge in [-0.25, -0.2) is 0 Å². The minimum Gasteiger partial charge on any atom is -0.482 e. The Morgan fingerprint density at radius 1 is 0.635 bits per heavy atom. The lowest BCUT2D eigenvalue weighted by molar-refractivity contribution is -0.136. The van der Waals surface area contributed by atoms with Crippen LogP contribution in [0.1, 0.15) is 12.8 Å². The zero-order valence-corrected chi connectivity index (χ0v) is 29.5. The number of amides is 2. The molecule has 0 aromatic heterocycles. The average Bonchev–Trinajstić information content (AvgIpc) is 3.12. The van der Waals surface area contributed by atoms with Crippen LogP contribution in [0.3, 0.4) is 0 Å². The number of anilines is 2. The van der Waals surface area contributed by atoms with Crippen LogP contribution in [0.2, 0.25) is 10.0 Å². The number of carboxylic acids is 2. The summed E-state index contributed by atoms with van der Waals surface area (Å²) in [5.41, 5.74) is 5.79. The van der Waals surface area contributed by atoms with E-state index in [2.05, 4.69) is 10.6 Å². The molecule has 0 saturated carbocycles. The van der Waals surface area contributed by atoms with Crippen LogP contribution in [0.25, 0.3) is 33.4 Å². The Balaban J connectivity index is 1.22. The van der Waals surface area contributed by atoms with Gasteiger partial charge in [0.1, 0.15) is 11.5 Å². The topological polar surface area (TPSA) is 158 Å². The number of halogens is 2. The number of hydrogen-bond acceptors (Lipinski definition) is 8. The van der Waals surface area contributed by atoms with E-state index in [1.165, 1.54) is 0 Å². The molecule has 2 amide bonds. The van der Waals surface area contributed by atoms with E-state index >= 15 is 0 Å². The van der Waals surface area contributed by atoms with Crippen LogP contribution in [-0.4, -0.2) is 86.4 Å². The molecule has 0 aliphatic carbocycles. The monoisotopic (exact) mass is 746 g/mol. The maximum absolute atomic E-state index is 12.7. The van der Waals surface area contributed by atoms with Gasteiger partial charge in [0.05, 0.1) is 34.5 Å². The van der Waals surface area contributed by atoms with Gasteiger partial charge in [-0.1, -0.05) is 71.7 Å². The number of rotatable bonds is 15. The highest BCUT2D eigenvalue weighted by atomic mass is 35.5. The molecule has 0 fully saturated rings. The molecule has 0 spiro atoms. The van der Waals surface area contributed by atoms with Crippen LogP contribution >= 0.6 is 23.2 Å². The molecule has 4 aromatic rings. The Labute approximate surface area is 309 Å². The van der Waals surface area contributed by atoms with E-state index in [0.29, 0.717) is 71.9 Å². The molecule has 14 heteroatoms. The molecule has 0 unspecified atom stereocenters. The summed E-state index contributed by atoms with van der Waals surface area (Å²) in [6.07, 6.45) is 1.14. The number of aliphatic carboxylic acids is 2. The average molecular weight is 748 g/mol. The lowest BCUT2D eigenvalue weighted by Crippen LogP contribution is -2.40. The second-order valence-corrected chi connectivity index (χ2v) is 13.0. The predicted octanol–water partition coefficient (Wildman–Crippen LogP) is 5.57. The number of ether oxygens (including phenoxy) is 2. The largest absolute Gasteiger partial charge is 0.482 e. The highest BCUT2D eigenvalue weighted by Gasteiger charge is 2.28. The molecule has 0 atom stereocenters. The van der Waals surface area contributed by atoms with Gasteiger partial charge in [0, 0.05) is 35.3 Å². The summed E-state index contributed by atoms with van der Waals surface area (Å²) in [5.74, 6) is -1.13. The number of hydrogen-bond donors (Lipinski definition) is 4. The first-order valence-electron chi connectivity index (χ1n) is 16.7. The predicted molar refractivity (Wildman–Crippen MR) is 199 cm³/mol. The molecular weight excluding hydrogens is 711 g/mol. The van der Waals surface area contributed by atoms with E-state index in [1.807, 2.05) is 72.8 Å². The highest BCUT2D eigenvalue weighted by molar-refractivity contribution is 6.39. The quantitative estimate of drug-likeness (QED) is 0.113. The second-order valence-electron chi connectivity index (χ2n) is 12.2. The first kappa shape index (κ1) is 36.6. The summed E-state index contributed by atoms with van der Waals surface area (Å²) in [7, 11) is 0. The standard InChI is InChI=1S/C38H36Cl2N4O8/c39-37-25(23-9-11-29-31(17-23)51-21-33(45)43(29)15-3-13-41-19-35(47)48)5-1-7-27(37)28-8-2-6-26(38(28)40)24-10-12-30-32(18-24)52-22-34(46)44(30)16-4-14-42-20-36(49)50/h1-2,5-12,17-18,41-42H,3-4,13-16,19-22H2,(H,47,48)(H,49,50). The second kappa shape index (κ2) is 16.5. The van der Waals surface area contributed by atoms with Gasteiger partial charge < -0.3 is 40.1 Å². The van der Waals surface area contributed by atoms with Gasteiger partial charge in [-0.05, 0) is 61.3 Å². The number of carbonyl (C=O) groups excluding carboxylic acids is 2. The summed E-state index contributed by atoms with van der Waals surface area (Å²) in [4.78, 5) is 50.2. The van der Waals surface area contributed by atoms with Crippen molar-refractivity contribution in [3.05, 3.63) is 82.8 Å². The van der Waals surface area contributed by atoms with Gasteiger partial charge in [0.15, 0.2) is 13.2 Å². The minimum absolute atomic E-state index is 0.108. The van der Waals surface area contributed by atoms with Gasteiger partial charge in [-0.3, -0.25) is 19.2 Å². The normalized spacial score (nSPS) is 13.7. The fourth-order valence-electron chi connectivity index (χ4n) is 6.28. The van der Waals surface area contributed by atoms with Crippen molar-refractivity contribution in [1.29, 1.82) is 0 Å². The van der Waals surface area contributed by atoms with E-state index in [0.717, 1.165) is 33.4 Å². The van der Waals surface area contributed by atoms with Gasteiger partial charge in [-0.15, -0.1) is 0 Å². The Hall–Kier alpha value is -5.14. The molecule has 0 radical (unpaired) electrons. The maximum atomic E-state index is 12.7. The van der Waals surface area contributed by atoms with Crippen molar-refractivity contribution in [2.24, 2.45) is 0 Å². The molecule has 0 saturated heterocycles. The molecule has 6 rings (SSSR count). The molecule has 4 N–H and O–H groups in total. The molecular formula is C38H36Cl2N4O8. The molecule has 2 heterocycles. The van der Waals surface area contributed by atoms with Crippen LogP contribution in [0.15, 0.2) is 72.8 Å². The highest BCUT2D eigenvalue weighted by Crippen LogP contribution is 2.45. The van der Waals surface area contributed by atoms with E-state index in [-0.39, 0.29) is 38.1 Å². The Bertz CT molecular complexity index is 1880. The van der Waals surface area contributed by atoms with Crippen molar-refractivity contribution in [2.75, 3.05) is 62.3 Å². The van der Waals surface area contributed by atoms with E-state index in [1.54, 1.807) is 9.80 Å². The third kappa shape index (κ3) is 8.16. The zero-order valence-electron chi connectivity index (χ0n) is 28.0. The van der Waals surface area contributed by atoms with Crippen molar-refractivity contribution in [3.8, 4) is 44.9 Å². The van der Waals surface area contributed by atoms with Crippen molar-refractivity contribution in [2.45, 2.75) is 12.8 Å². The number of carboxylic acid groups (broad SMARTS) is 2. The number of nitrogens with zero attached hydrogens (tertiary/aromatic N) is 2. The van der Waals surface area contributed by atoms with E-state index < -0.39 is 11.9 Å². The smallest absolute Gasteiger partial charge is 0.317 e. The first-order chi connectivity index (χ1) is 25.1. The summed E-state index contributed by atoms with van der Waals surface area (Å²) in [6, 6.07) is 22.5. The summed E-state index contributed by atoms with van der Waals surface area (Å²) in [5, 5.41) is 24.3. The van der Waals surface area contributed by atoms with Crippen LogP contribution in [0.5, 0.6) is 11.5 Å². The van der Waals surface area contributed by atoms with Gasteiger partial charge in [-0.2, -0.15) is 0 Å². The van der Waals surface area contributed by atoms with Crippen LogP contribution in [0.4, 0.5) is 11.4 Å². The summed E-state index contributed by atoms with van der Waals surface area (Å²) >= 11 is 14.2. The molecule has 4 aromatic carbocycles. The van der Waals surface area contributed by atoms with E-state index in [4.69, 9.17) is 42.9 Å². The molecule has 2 aliphatic heterocycles. The van der Waals surface area contributed by atoms with Crippen molar-refractivity contribution >= 4 is 58.3 Å². The summed E-state index contributed by atoms with van der Waals surface area (Å²) in [6.45, 7) is 1.22. The number of benzene rings is 4. The summed E-state index contributed by atoms with van der Waals surface area (Å²) < 4.78 is 11.6. The fourth-order valence-corrected chi connectivity index (χ4v) is 6.95. The maximum Gasteiger partial charge on any atom is 0.317 e. The van der Waals surface area contributed by atoms with Crippen LogP contribution in [0, 0.1) is 0 Å². The molecule has 2 aliphatic rings. The lowest BCUT2D eigenvalue weighted by atomic mass is 9.95. The Morgan fingerprint density at radius 3 is 1.44 bits per heavy atom. The SMILES string of the molecule is O=C(O)CNCCCN1C(=O)COc2cc(-c3cccc(-c4cccc(-c5ccc6c(c5)OCC(=O)N6CCCNCC(=O)O)c4Cl)c3Cl)ccc21. The molecule has 12 nitrogen and oxygen atoms in total. The number of carbonyl (C=O) groups is 4. The van der Waals surface area contributed by atoms with Crippen molar-refractivity contribution in [1.82, 2.24) is 10.6 Å². The minimum atomic E-state index is -0.937. The van der Waals surface area contributed by atoms with Crippen molar-refractivity contribution in [3.63, 3.8) is 0 Å². The fraction of sp³-hybridized carbons (Fsp3) is 0.263. The zero-order chi connectivity index (χ0) is 36.8. The first-order valence-corrected chi connectivity index (χ1v) is 17.5. The Kier molecular flexibility index (Phi) is 11.6. The van der Waals surface area contributed by atoms with Gasteiger partial charge in [0.25, 0.3) is 11.8 Å². The number of fused-ring (bicyclic) bond motifs is 2. The van der Waals surface area contributed by atoms with Crippen molar-refractivity contribution < 1.29 is 38.9 Å². The molecule has 52 heavy (non-hydrogen) atoms. The Morgan fingerprint density at radius 2 is 1.04 bits per heavy atom. The lowest BCUT2D eigenvalue weighted by Gasteiger charge is -2.30. The van der Waals surface area contributed by atoms with Gasteiger partial charge >= 0.3 is 11.9 Å². The van der Waals surface area contributed by atoms with Crippen LogP contribution < -0.4 is 29.9 Å². The third-order valence-electron chi connectivity index (χ3n) is 8.74.